The summed E-state index contributed by atoms with van der Waals surface area (Å²) in [5.41, 5.74) is 2.76. The first-order valence-electron chi connectivity index (χ1n) is 6.22. The van der Waals surface area contributed by atoms with Gasteiger partial charge in [-0.3, -0.25) is 0 Å². The topological polar surface area (TPSA) is 29.5 Å². The number of hydrogen-bond acceptors (Lipinski definition) is 2. The largest absolute Gasteiger partial charge is 0.488 e. The van der Waals surface area contributed by atoms with Gasteiger partial charge in [0.15, 0.2) is 0 Å². The molecule has 2 nitrogen and oxygen atoms in total. The second-order valence-corrected chi connectivity index (χ2v) is 4.64. The molecule has 0 heterocycles. The van der Waals surface area contributed by atoms with Crippen molar-refractivity contribution in [3.05, 3.63) is 65.0 Å². The van der Waals surface area contributed by atoms with Gasteiger partial charge in [0.25, 0.3) is 0 Å². The Balaban J connectivity index is 2.17. The molecule has 0 spiro atoms. The minimum Gasteiger partial charge on any atom is -0.488 e. The van der Waals surface area contributed by atoms with Crippen molar-refractivity contribution >= 4 is 0 Å². The predicted molar refractivity (Wildman–Crippen MR) is 72.5 cm³/mol. The number of aliphatic hydroxyl groups excluding tert-OH is 1. The van der Waals surface area contributed by atoms with Crippen molar-refractivity contribution in [1.82, 2.24) is 0 Å². The first-order valence-corrected chi connectivity index (χ1v) is 6.22. The van der Waals surface area contributed by atoms with Crippen molar-refractivity contribution < 1.29 is 14.2 Å². The van der Waals surface area contributed by atoms with Gasteiger partial charge < -0.3 is 9.84 Å². The van der Waals surface area contributed by atoms with Crippen LogP contribution in [0.5, 0.6) is 5.75 Å². The average molecular weight is 260 g/mol. The van der Waals surface area contributed by atoms with E-state index in [4.69, 9.17) is 4.74 Å². The SMILES string of the molecule is Cc1cccc(COc2cc(F)ccc2[C@H](C)O)c1. The van der Waals surface area contributed by atoms with Gasteiger partial charge in [-0.2, -0.15) is 0 Å². The number of hydrogen-bond donors (Lipinski definition) is 1. The Hall–Kier alpha value is -1.87. The van der Waals surface area contributed by atoms with Crippen LogP contribution in [0.2, 0.25) is 0 Å². The summed E-state index contributed by atoms with van der Waals surface area (Å²) in [5, 5.41) is 9.63. The summed E-state index contributed by atoms with van der Waals surface area (Å²) >= 11 is 0. The molecule has 2 aromatic carbocycles. The van der Waals surface area contributed by atoms with Crippen LogP contribution in [0.4, 0.5) is 4.39 Å². The third-order valence-electron chi connectivity index (χ3n) is 2.90. The van der Waals surface area contributed by atoms with E-state index in [1.165, 1.54) is 12.1 Å². The fourth-order valence-electron chi connectivity index (χ4n) is 1.94. The summed E-state index contributed by atoms with van der Waals surface area (Å²) in [6, 6.07) is 12.1. The highest BCUT2D eigenvalue weighted by molar-refractivity contribution is 5.36. The minimum absolute atomic E-state index is 0.352. The molecule has 100 valence electrons. The lowest BCUT2D eigenvalue weighted by Crippen LogP contribution is -2.01. The molecule has 3 heteroatoms. The van der Waals surface area contributed by atoms with Crippen LogP contribution in [0.25, 0.3) is 0 Å². The minimum atomic E-state index is -0.687. The van der Waals surface area contributed by atoms with Gasteiger partial charge in [0.05, 0.1) is 6.10 Å². The summed E-state index contributed by atoms with van der Waals surface area (Å²) in [5.74, 6) is 0.0140. The molecule has 19 heavy (non-hydrogen) atoms. The molecule has 0 unspecified atom stereocenters. The van der Waals surface area contributed by atoms with Gasteiger partial charge in [0.2, 0.25) is 0 Å². The maximum atomic E-state index is 13.2. The Morgan fingerprint density at radius 2 is 2.00 bits per heavy atom. The highest BCUT2D eigenvalue weighted by Gasteiger charge is 2.10. The van der Waals surface area contributed by atoms with E-state index in [1.54, 1.807) is 13.0 Å². The van der Waals surface area contributed by atoms with E-state index in [2.05, 4.69) is 0 Å². The van der Waals surface area contributed by atoms with Crippen molar-refractivity contribution in [2.75, 3.05) is 0 Å². The summed E-state index contributed by atoms with van der Waals surface area (Å²) in [4.78, 5) is 0. The van der Waals surface area contributed by atoms with Crippen LogP contribution in [-0.4, -0.2) is 5.11 Å². The molecular weight excluding hydrogens is 243 g/mol. The molecule has 2 aromatic rings. The molecule has 1 atom stereocenters. The second-order valence-electron chi connectivity index (χ2n) is 4.64. The Bertz CT molecular complexity index is 564. The third kappa shape index (κ3) is 3.55. The normalized spacial score (nSPS) is 12.2. The molecule has 1 N–H and O–H groups in total. The Morgan fingerprint density at radius 1 is 1.21 bits per heavy atom. The highest BCUT2D eigenvalue weighted by Crippen LogP contribution is 2.26. The van der Waals surface area contributed by atoms with Crippen molar-refractivity contribution in [2.45, 2.75) is 26.6 Å². The lowest BCUT2D eigenvalue weighted by atomic mass is 10.1. The number of aryl methyl sites for hydroxylation is 1. The first kappa shape index (κ1) is 13.6. The molecule has 0 bridgehead atoms. The van der Waals surface area contributed by atoms with Crippen LogP contribution in [0.1, 0.15) is 29.7 Å². The molecule has 2 rings (SSSR count). The number of benzene rings is 2. The summed E-state index contributed by atoms with van der Waals surface area (Å²) < 4.78 is 18.9. The standard InChI is InChI=1S/C16H17FO2/c1-11-4-3-5-13(8-11)10-19-16-9-14(17)6-7-15(16)12(2)18/h3-9,12,18H,10H2,1-2H3/t12-/m0/s1. The molecule has 0 aromatic heterocycles. The van der Waals surface area contributed by atoms with Crippen LogP contribution in [0.3, 0.4) is 0 Å². The maximum Gasteiger partial charge on any atom is 0.128 e. The summed E-state index contributed by atoms with van der Waals surface area (Å²) in [7, 11) is 0. The van der Waals surface area contributed by atoms with Crippen molar-refractivity contribution in [3.8, 4) is 5.75 Å². The first-order chi connectivity index (χ1) is 9.06. The zero-order valence-corrected chi connectivity index (χ0v) is 11.1. The van der Waals surface area contributed by atoms with E-state index in [-0.39, 0.29) is 5.82 Å². The quantitative estimate of drug-likeness (QED) is 0.906. The van der Waals surface area contributed by atoms with E-state index in [9.17, 15) is 9.50 Å². The highest BCUT2D eigenvalue weighted by atomic mass is 19.1. The van der Waals surface area contributed by atoms with Crippen molar-refractivity contribution in [3.63, 3.8) is 0 Å². The number of halogens is 1. The van der Waals surface area contributed by atoms with E-state index >= 15 is 0 Å². The van der Waals surface area contributed by atoms with Gasteiger partial charge in [0.1, 0.15) is 18.2 Å². The third-order valence-corrected chi connectivity index (χ3v) is 2.90. The average Bonchev–Trinajstić information content (AvgIpc) is 2.36. The van der Waals surface area contributed by atoms with Gasteiger partial charge in [0, 0.05) is 11.6 Å². The monoisotopic (exact) mass is 260 g/mol. The molecule has 0 fully saturated rings. The van der Waals surface area contributed by atoms with Crippen molar-refractivity contribution in [1.29, 1.82) is 0 Å². The number of rotatable bonds is 4. The smallest absolute Gasteiger partial charge is 0.128 e. The van der Waals surface area contributed by atoms with Gasteiger partial charge in [-0.1, -0.05) is 29.8 Å². The molecule has 0 radical (unpaired) electrons. The van der Waals surface area contributed by atoms with E-state index in [0.29, 0.717) is 17.9 Å². The zero-order valence-electron chi connectivity index (χ0n) is 11.1. The van der Waals surface area contributed by atoms with E-state index < -0.39 is 6.10 Å². The van der Waals surface area contributed by atoms with Crippen LogP contribution in [0.15, 0.2) is 42.5 Å². The van der Waals surface area contributed by atoms with Gasteiger partial charge in [-0.15, -0.1) is 0 Å². The van der Waals surface area contributed by atoms with Crippen LogP contribution in [-0.2, 0) is 6.61 Å². The molecular formula is C16H17FO2. The van der Waals surface area contributed by atoms with Crippen molar-refractivity contribution in [2.24, 2.45) is 0 Å². The predicted octanol–water partition coefficient (Wildman–Crippen LogP) is 3.77. The maximum absolute atomic E-state index is 13.2. The fraction of sp³-hybridized carbons (Fsp3) is 0.250. The van der Waals surface area contributed by atoms with Gasteiger partial charge in [-0.25, -0.2) is 4.39 Å². The summed E-state index contributed by atoms with van der Waals surface area (Å²) in [6.45, 7) is 3.99. The molecule has 0 amide bonds. The Labute approximate surface area is 112 Å². The van der Waals surface area contributed by atoms with E-state index in [1.807, 2.05) is 31.2 Å². The Kier molecular flexibility index (Phi) is 4.17. The molecule has 0 saturated carbocycles. The van der Waals surface area contributed by atoms with Crippen LogP contribution < -0.4 is 4.74 Å². The molecule has 0 aliphatic heterocycles. The lowest BCUT2D eigenvalue weighted by Gasteiger charge is -2.13. The van der Waals surface area contributed by atoms with Gasteiger partial charge in [-0.05, 0) is 31.5 Å². The fourth-order valence-corrected chi connectivity index (χ4v) is 1.94. The number of ether oxygens (including phenoxy) is 1. The van der Waals surface area contributed by atoms with Crippen LogP contribution >= 0.6 is 0 Å². The zero-order chi connectivity index (χ0) is 13.8. The second kappa shape index (κ2) is 5.85. The lowest BCUT2D eigenvalue weighted by molar-refractivity contribution is 0.190. The molecule has 0 saturated heterocycles. The summed E-state index contributed by atoms with van der Waals surface area (Å²) in [6.07, 6.45) is -0.687. The Morgan fingerprint density at radius 3 is 2.68 bits per heavy atom. The van der Waals surface area contributed by atoms with Crippen LogP contribution in [0, 0.1) is 12.7 Å². The number of aliphatic hydroxyl groups is 1. The van der Waals surface area contributed by atoms with E-state index in [0.717, 1.165) is 11.1 Å². The molecule has 0 aliphatic rings. The van der Waals surface area contributed by atoms with Gasteiger partial charge >= 0.3 is 0 Å². The molecule has 0 aliphatic carbocycles.